The fourth-order valence-electron chi connectivity index (χ4n) is 1.65. The van der Waals surface area contributed by atoms with Crippen molar-refractivity contribution in [3.8, 4) is 0 Å². The van der Waals surface area contributed by atoms with Crippen LogP contribution in [-0.4, -0.2) is 29.6 Å². The summed E-state index contributed by atoms with van der Waals surface area (Å²) in [6.45, 7) is 3.15. The molecule has 1 aliphatic carbocycles. The van der Waals surface area contributed by atoms with Crippen LogP contribution >= 0.6 is 15.9 Å². The zero-order chi connectivity index (χ0) is 10.8. The lowest BCUT2D eigenvalue weighted by atomic mass is 10.4. The Balaban J connectivity index is 2.31. The molecule has 1 N–H and O–H groups in total. The summed E-state index contributed by atoms with van der Waals surface area (Å²) in [5, 5.41) is 2.96. The van der Waals surface area contributed by atoms with Gasteiger partial charge in [0.15, 0.2) is 0 Å². The normalized spacial score (nSPS) is 15.1. The predicted octanol–water partition coefficient (Wildman–Crippen LogP) is 2.27. The van der Waals surface area contributed by atoms with Crippen LogP contribution in [0.4, 0.5) is 11.8 Å². The molecule has 1 saturated carbocycles. The smallest absolute Gasteiger partial charge is 0.224 e. The van der Waals surface area contributed by atoms with Crippen LogP contribution in [-0.2, 0) is 0 Å². The van der Waals surface area contributed by atoms with E-state index in [9.17, 15) is 0 Å². The van der Waals surface area contributed by atoms with E-state index in [1.807, 2.05) is 7.05 Å². The summed E-state index contributed by atoms with van der Waals surface area (Å²) in [7, 11) is 1.83. The lowest BCUT2D eigenvalue weighted by Gasteiger charge is -2.22. The highest BCUT2D eigenvalue weighted by molar-refractivity contribution is 9.10. The van der Waals surface area contributed by atoms with E-state index in [-0.39, 0.29) is 0 Å². The molecule has 1 aliphatic rings. The Morgan fingerprint density at radius 1 is 1.60 bits per heavy atom. The van der Waals surface area contributed by atoms with Gasteiger partial charge in [0.2, 0.25) is 5.95 Å². The number of aromatic nitrogens is 2. The molecule has 1 aromatic heterocycles. The van der Waals surface area contributed by atoms with Gasteiger partial charge in [-0.3, -0.25) is 0 Å². The van der Waals surface area contributed by atoms with Crippen LogP contribution in [0.25, 0.3) is 0 Å². The number of nitrogens with zero attached hydrogens (tertiary/aromatic N) is 3. The minimum atomic E-state index is 0.672. The molecule has 1 heterocycles. The van der Waals surface area contributed by atoms with Crippen molar-refractivity contribution in [2.45, 2.75) is 25.8 Å². The van der Waals surface area contributed by atoms with Gasteiger partial charge in [-0.1, -0.05) is 0 Å². The van der Waals surface area contributed by atoms with E-state index in [0.29, 0.717) is 12.0 Å². The Morgan fingerprint density at radius 3 is 2.87 bits per heavy atom. The van der Waals surface area contributed by atoms with Crippen LogP contribution < -0.4 is 10.2 Å². The second-order valence-electron chi connectivity index (χ2n) is 3.63. The van der Waals surface area contributed by atoms with Crippen LogP contribution in [0.5, 0.6) is 0 Å². The lowest BCUT2D eigenvalue weighted by Crippen LogP contribution is -2.26. The zero-order valence-electron chi connectivity index (χ0n) is 9.00. The fourth-order valence-corrected chi connectivity index (χ4v) is 2.07. The monoisotopic (exact) mass is 270 g/mol. The summed E-state index contributed by atoms with van der Waals surface area (Å²) < 4.78 is 0.968. The zero-order valence-corrected chi connectivity index (χ0v) is 10.6. The first-order chi connectivity index (χ1) is 7.26. The Kier molecular flexibility index (Phi) is 3.09. The molecule has 5 heteroatoms. The third-order valence-electron chi connectivity index (χ3n) is 2.55. The van der Waals surface area contributed by atoms with Crippen molar-refractivity contribution in [3.05, 3.63) is 10.7 Å². The van der Waals surface area contributed by atoms with Crippen molar-refractivity contribution in [2.75, 3.05) is 23.8 Å². The van der Waals surface area contributed by atoms with Gasteiger partial charge in [-0.2, -0.15) is 4.98 Å². The Morgan fingerprint density at radius 2 is 2.33 bits per heavy atom. The van der Waals surface area contributed by atoms with Crippen LogP contribution in [0.15, 0.2) is 10.7 Å². The van der Waals surface area contributed by atoms with Gasteiger partial charge in [0.05, 0.1) is 4.47 Å². The fraction of sp³-hybridized carbons (Fsp3) is 0.600. The first-order valence-electron chi connectivity index (χ1n) is 5.23. The van der Waals surface area contributed by atoms with Gasteiger partial charge >= 0.3 is 0 Å². The van der Waals surface area contributed by atoms with Gasteiger partial charge in [0.1, 0.15) is 5.82 Å². The second kappa shape index (κ2) is 4.35. The van der Waals surface area contributed by atoms with Crippen molar-refractivity contribution >= 4 is 27.7 Å². The molecule has 0 bridgehead atoms. The highest BCUT2D eigenvalue weighted by atomic mass is 79.9. The molecule has 0 amide bonds. The molecule has 0 unspecified atom stereocenters. The minimum absolute atomic E-state index is 0.672. The highest BCUT2D eigenvalue weighted by Crippen LogP contribution is 2.34. The van der Waals surface area contributed by atoms with Crippen LogP contribution in [0.2, 0.25) is 0 Å². The second-order valence-corrected chi connectivity index (χ2v) is 4.49. The molecular weight excluding hydrogens is 256 g/mol. The predicted molar refractivity (Wildman–Crippen MR) is 65.3 cm³/mol. The lowest BCUT2D eigenvalue weighted by molar-refractivity contribution is 0.802. The van der Waals surface area contributed by atoms with Gasteiger partial charge in [0.25, 0.3) is 0 Å². The van der Waals surface area contributed by atoms with Crippen LogP contribution in [0.1, 0.15) is 19.8 Å². The standard InChI is InChI=1S/C10H15BrN4/c1-3-15(7-4-5-7)9-8(11)6-13-10(12-2)14-9/h6-7H,3-5H2,1-2H3,(H,12,13,14). The summed E-state index contributed by atoms with van der Waals surface area (Å²) in [4.78, 5) is 11.0. The highest BCUT2D eigenvalue weighted by Gasteiger charge is 2.30. The molecule has 4 nitrogen and oxygen atoms in total. The SMILES string of the molecule is CCN(c1nc(NC)ncc1Br)C1CC1. The number of rotatable bonds is 4. The molecule has 1 fully saturated rings. The van der Waals surface area contributed by atoms with Crippen molar-refractivity contribution in [1.82, 2.24) is 9.97 Å². The molecule has 2 rings (SSSR count). The third-order valence-corrected chi connectivity index (χ3v) is 3.11. The first kappa shape index (κ1) is 10.7. The summed E-state index contributed by atoms with van der Waals surface area (Å²) >= 11 is 3.50. The van der Waals surface area contributed by atoms with E-state index >= 15 is 0 Å². The Hall–Kier alpha value is -0.840. The molecule has 0 atom stereocenters. The summed E-state index contributed by atoms with van der Waals surface area (Å²) in [5.74, 6) is 1.67. The number of hydrogen-bond acceptors (Lipinski definition) is 4. The van der Waals surface area contributed by atoms with Gasteiger partial charge < -0.3 is 10.2 Å². The molecule has 15 heavy (non-hydrogen) atoms. The molecular formula is C10H15BrN4. The van der Waals surface area contributed by atoms with Gasteiger partial charge in [-0.15, -0.1) is 0 Å². The van der Waals surface area contributed by atoms with Crippen molar-refractivity contribution in [1.29, 1.82) is 0 Å². The molecule has 0 saturated heterocycles. The average molecular weight is 271 g/mol. The van der Waals surface area contributed by atoms with Gasteiger partial charge in [0, 0.05) is 25.8 Å². The maximum Gasteiger partial charge on any atom is 0.224 e. The van der Waals surface area contributed by atoms with E-state index in [0.717, 1.165) is 16.8 Å². The number of hydrogen-bond donors (Lipinski definition) is 1. The van der Waals surface area contributed by atoms with Crippen LogP contribution in [0, 0.1) is 0 Å². The number of nitrogens with one attached hydrogen (secondary N) is 1. The topological polar surface area (TPSA) is 41.1 Å². The maximum absolute atomic E-state index is 4.48. The van der Waals surface area contributed by atoms with E-state index < -0.39 is 0 Å². The quantitative estimate of drug-likeness (QED) is 0.912. The largest absolute Gasteiger partial charge is 0.357 e. The molecule has 0 spiro atoms. The van der Waals surface area contributed by atoms with E-state index in [4.69, 9.17) is 0 Å². The third kappa shape index (κ3) is 2.22. The van der Waals surface area contributed by atoms with Gasteiger partial charge in [-0.05, 0) is 35.7 Å². The number of anilines is 2. The first-order valence-corrected chi connectivity index (χ1v) is 6.02. The molecule has 82 valence electrons. The molecule has 1 aromatic rings. The Bertz CT molecular complexity index is 351. The van der Waals surface area contributed by atoms with Crippen molar-refractivity contribution in [2.24, 2.45) is 0 Å². The average Bonchev–Trinajstić information content (AvgIpc) is 3.06. The summed E-state index contributed by atoms with van der Waals surface area (Å²) in [6, 6.07) is 0.672. The van der Waals surface area contributed by atoms with E-state index in [1.54, 1.807) is 6.20 Å². The molecule has 0 aromatic carbocycles. The minimum Gasteiger partial charge on any atom is -0.357 e. The maximum atomic E-state index is 4.48. The van der Waals surface area contributed by atoms with Crippen LogP contribution in [0.3, 0.4) is 0 Å². The van der Waals surface area contributed by atoms with Crippen molar-refractivity contribution in [3.63, 3.8) is 0 Å². The molecule has 0 aliphatic heterocycles. The number of halogens is 1. The summed E-state index contributed by atoms with van der Waals surface area (Å²) in [5.41, 5.74) is 0. The Labute approximate surface area is 98.2 Å². The van der Waals surface area contributed by atoms with Crippen molar-refractivity contribution < 1.29 is 0 Å². The van der Waals surface area contributed by atoms with E-state index in [1.165, 1.54) is 12.8 Å². The summed E-state index contributed by atoms with van der Waals surface area (Å²) in [6.07, 6.45) is 4.36. The van der Waals surface area contributed by atoms with Gasteiger partial charge in [-0.25, -0.2) is 4.98 Å². The molecule has 0 radical (unpaired) electrons. The van der Waals surface area contributed by atoms with E-state index in [2.05, 4.69) is 43.0 Å².